The standard InChI is InChI=1S/C19H21NO5S/c1-12-9-13(21)10-15-16-11-25-18(2,3)20(16)17(22)19(12,15)26(23,24)14-7-5-4-6-8-14/h4-9,15-16H,10-11H2,1-3H3/t15-,16-,19+/m1/s1. The molecule has 3 aliphatic rings. The molecule has 0 unspecified atom stereocenters. The Morgan fingerprint density at radius 2 is 1.81 bits per heavy atom. The minimum atomic E-state index is -4.04. The number of amides is 1. The van der Waals surface area contributed by atoms with Gasteiger partial charge in [0.25, 0.3) is 5.91 Å². The fourth-order valence-corrected chi connectivity index (χ4v) is 7.15. The maximum Gasteiger partial charge on any atom is 0.251 e. The van der Waals surface area contributed by atoms with Gasteiger partial charge in [-0.15, -0.1) is 0 Å². The number of carbonyl (C=O) groups is 2. The molecular formula is C19H21NO5S. The van der Waals surface area contributed by atoms with E-state index in [-0.39, 0.29) is 23.7 Å². The van der Waals surface area contributed by atoms with Crippen LogP contribution in [-0.2, 0) is 24.2 Å². The summed E-state index contributed by atoms with van der Waals surface area (Å²) >= 11 is 0. The van der Waals surface area contributed by atoms with Gasteiger partial charge in [-0.1, -0.05) is 18.2 Å². The summed E-state index contributed by atoms with van der Waals surface area (Å²) in [6.45, 7) is 5.33. The van der Waals surface area contributed by atoms with Crippen LogP contribution in [0.4, 0.5) is 0 Å². The van der Waals surface area contributed by atoms with Crippen LogP contribution in [0.3, 0.4) is 0 Å². The molecule has 0 bridgehead atoms. The zero-order valence-corrected chi connectivity index (χ0v) is 15.7. The lowest BCUT2D eigenvalue weighted by Gasteiger charge is -2.37. The van der Waals surface area contributed by atoms with Gasteiger partial charge in [0.15, 0.2) is 20.4 Å². The zero-order valence-electron chi connectivity index (χ0n) is 14.9. The summed E-state index contributed by atoms with van der Waals surface area (Å²) in [6, 6.07) is 7.58. The maximum atomic E-state index is 13.7. The summed E-state index contributed by atoms with van der Waals surface area (Å²) in [5, 5.41) is 0. The molecule has 0 spiro atoms. The van der Waals surface area contributed by atoms with Gasteiger partial charge in [-0.05, 0) is 44.6 Å². The van der Waals surface area contributed by atoms with E-state index in [1.807, 2.05) is 0 Å². The van der Waals surface area contributed by atoms with Gasteiger partial charge in [-0.3, -0.25) is 9.59 Å². The fraction of sp³-hybridized carbons (Fsp3) is 0.474. The molecular weight excluding hydrogens is 354 g/mol. The number of sulfone groups is 1. The normalized spacial score (nSPS) is 33.0. The molecule has 2 heterocycles. The lowest BCUT2D eigenvalue weighted by atomic mass is 9.76. The molecule has 2 saturated heterocycles. The van der Waals surface area contributed by atoms with Crippen molar-refractivity contribution in [3.8, 4) is 0 Å². The molecule has 7 heteroatoms. The van der Waals surface area contributed by atoms with Crippen molar-refractivity contribution in [1.82, 2.24) is 4.90 Å². The number of ketones is 1. The van der Waals surface area contributed by atoms with Gasteiger partial charge in [0.1, 0.15) is 5.72 Å². The van der Waals surface area contributed by atoms with Crippen LogP contribution < -0.4 is 0 Å². The lowest BCUT2D eigenvalue weighted by Crippen LogP contribution is -2.55. The average Bonchev–Trinajstić information content (AvgIpc) is 3.03. The summed E-state index contributed by atoms with van der Waals surface area (Å²) in [5.74, 6) is -1.29. The molecule has 138 valence electrons. The topological polar surface area (TPSA) is 80.8 Å². The van der Waals surface area contributed by atoms with Gasteiger partial charge in [0, 0.05) is 12.3 Å². The van der Waals surface area contributed by atoms with Crippen molar-refractivity contribution in [2.24, 2.45) is 5.92 Å². The predicted octanol–water partition coefficient (Wildman–Crippen LogP) is 1.71. The summed E-state index contributed by atoms with van der Waals surface area (Å²) in [4.78, 5) is 27.5. The van der Waals surface area contributed by atoms with Crippen molar-refractivity contribution in [3.05, 3.63) is 42.0 Å². The van der Waals surface area contributed by atoms with Crippen LogP contribution in [0.5, 0.6) is 0 Å². The molecule has 0 aromatic heterocycles. The monoisotopic (exact) mass is 375 g/mol. The Morgan fingerprint density at radius 3 is 2.46 bits per heavy atom. The van der Waals surface area contributed by atoms with Crippen molar-refractivity contribution in [3.63, 3.8) is 0 Å². The van der Waals surface area contributed by atoms with Gasteiger partial charge in [0.05, 0.1) is 17.5 Å². The number of nitrogens with zero attached hydrogens (tertiary/aromatic N) is 1. The number of carbonyl (C=O) groups excluding carboxylic acids is 2. The second-order valence-electron chi connectivity index (χ2n) is 7.66. The van der Waals surface area contributed by atoms with Gasteiger partial charge in [0.2, 0.25) is 0 Å². The third kappa shape index (κ3) is 1.93. The Hall–Kier alpha value is -1.99. The van der Waals surface area contributed by atoms with Gasteiger partial charge >= 0.3 is 0 Å². The first kappa shape index (κ1) is 17.4. The maximum absolute atomic E-state index is 13.7. The largest absolute Gasteiger partial charge is 0.354 e. The van der Waals surface area contributed by atoms with Crippen LogP contribution in [-0.4, -0.2) is 48.1 Å². The van der Waals surface area contributed by atoms with E-state index in [2.05, 4.69) is 0 Å². The van der Waals surface area contributed by atoms with Gasteiger partial charge < -0.3 is 9.64 Å². The molecule has 1 aliphatic carbocycles. The second-order valence-corrected chi connectivity index (χ2v) is 9.78. The van der Waals surface area contributed by atoms with E-state index in [4.69, 9.17) is 4.74 Å². The van der Waals surface area contributed by atoms with E-state index in [9.17, 15) is 18.0 Å². The molecule has 0 radical (unpaired) electrons. The van der Waals surface area contributed by atoms with E-state index in [1.165, 1.54) is 23.1 Å². The number of hydrogen-bond donors (Lipinski definition) is 0. The first-order chi connectivity index (χ1) is 12.1. The lowest BCUT2D eigenvalue weighted by molar-refractivity contribution is -0.143. The number of benzene rings is 1. The highest BCUT2D eigenvalue weighted by molar-refractivity contribution is 7.94. The Balaban J connectivity index is 2.01. The van der Waals surface area contributed by atoms with Crippen LogP contribution >= 0.6 is 0 Å². The third-order valence-corrected chi connectivity index (χ3v) is 8.44. The van der Waals surface area contributed by atoms with Crippen LogP contribution in [0, 0.1) is 5.92 Å². The zero-order chi connectivity index (χ0) is 18.9. The highest BCUT2D eigenvalue weighted by atomic mass is 32.2. The first-order valence-electron chi connectivity index (χ1n) is 8.63. The molecule has 6 nitrogen and oxygen atoms in total. The van der Waals surface area contributed by atoms with E-state index >= 15 is 0 Å². The molecule has 1 aromatic rings. The molecule has 2 aliphatic heterocycles. The Labute approximate surface area is 152 Å². The number of allylic oxidation sites excluding steroid dienone is 1. The second kappa shape index (κ2) is 5.27. The molecule has 0 N–H and O–H groups in total. The smallest absolute Gasteiger partial charge is 0.251 e. The number of hydrogen-bond acceptors (Lipinski definition) is 5. The highest BCUT2D eigenvalue weighted by Crippen LogP contribution is 2.55. The Bertz CT molecular complexity index is 934. The summed E-state index contributed by atoms with van der Waals surface area (Å²) in [6.07, 6.45) is 1.35. The van der Waals surface area contributed by atoms with E-state index < -0.39 is 38.2 Å². The van der Waals surface area contributed by atoms with Crippen molar-refractivity contribution in [1.29, 1.82) is 0 Å². The third-order valence-electron chi connectivity index (χ3n) is 5.90. The highest BCUT2D eigenvalue weighted by Gasteiger charge is 2.72. The molecule has 1 amide bonds. The minimum absolute atomic E-state index is 0.0236. The molecule has 26 heavy (non-hydrogen) atoms. The quantitative estimate of drug-likeness (QED) is 0.786. The van der Waals surface area contributed by atoms with Crippen molar-refractivity contribution in [2.45, 2.75) is 48.6 Å². The first-order valence-corrected chi connectivity index (χ1v) is 10.1. The molecule has 1 aromatic carbocycles. The van der Waals surface area contributed by atoms with Crippen molar-refractivity contribution < 1.29 is 22.7 Å². The summed E-state index contributed by atoms with van der Waals surface area (Å²) < 4.78 is 31.4. The molecule has 4 rings (SSSR count). The van der Waals surface area contributed by atoms with E-state index in [0.29, 0.717) is 5.57 Å². The number of ether oxygens (including phenoxy) is 1. The Morgan fingerprint density at radius 1 is 1.15 bits per heavy atom. The van der Waals surface area contributed by atoms with E-state index in [0.717, 1.165) is 0 Å². The Kier molecular flexibility index (Phi) is 3.53. The van der Waals surface area contributed by atoms with Crippen LogP contribution in [0.2, 0.25) is 0 Å². The summed E-state index contributed by atoms with van der Waals surface area (Å²) in [5.41, 5.74) is -0.598. The molecule has 0 saturated carbocycles. The SMILES string of the molecule is CC1=CC(=O)C[C@@H]2[C@H]3COC(C)(C)N3C(=O)[C@]12S(=O)(=O)c1ccccc1. The van der Waals surface area contributed by atoms with Crippen LogP contribution in [0.25, 0.3) is 0 Å². The van der Waals surface area contributed by atoms with Gasteiger partial charge in [-0.2, -0.15) is 0 Å². The van der Waals surface area contributed by atoms with Crippen LogP contribution in [0.1, 0.15) is 27.2 Å². The fourth-order valence-electron chi connectivity index (χ4n) is 4.81. The number of rotatable bonds is 2. The van der Waals surface area contributed by atoms with Crippen LogP contribution in [0.15, 0.2) is 46.9 Å². The van der Waals surface area contributed by atoms with Crippen molar-refractivity contribution >= 4 is 21.5 Å². The van der Waals surface area contributed by atoms with E-state index in [1.54, 1.807) is 39.0 Å². The predicted molar refractivity (Wildman–Crippen MR) is 93.9 cm³/mol. The average molecular weight is 375 g/mol. The minimum Gasteiger partial charge on any atom is -0.354 e. The van der Waals surface area contributed by atoms with Crippen molar-refractivity contribution in [2.75, 3.05) is 6.61 Å². The summed E-state index contributed by atoms with van der Waals surface area (Å²) in [7, 11) is -4.04. The molecule has 2 fully saturated rings. The number of fused-ring (bicyclic) bond motifs is 3. The molecule has 3 atom stereocenters. The van der Waals surface area contributed by atoms with Gasteiger partial charge in [-0.25, -0.2) is 8.42 Å².